The molecule has 2 amide bonds. The number of carbonyl (C=O) groups is 2. The Balaban J connectivity index is 1.80. The van der Waals surface area contributed by atoms with Gasteiger partial charge in [0.25, 0.3) is 0 Å². The van der Waals surface area contributed by atoms with E-state index >= 15 is 0 Å². The molecule has 32 heavy (non-hydrogen) atoms. The van der Waals surface area contributed by atoms with E-state index in [4.69, 9.17) is 0 Å². The number of hydrogen-bond donors (Lipinski definition) is 1. The Morgan fingerprint density at radius 1 is 1.09 bits per heavy atom. The minimum Gasteiger partial charge on any atom is -0.334 e. The summed E-state index contributed by atoms with van der Waals surface area (Å²) in [5.41, 5.74) is 1.43. The molecule has 1 heterocycles. The van der Waals surface area contributed by atoms with E-state index in [0.29, 0.717) is 25.1 Å². The summed E-state index contributed by atoms with van der Waals surface area (Å²) in [6.07, 6.45) is -3.31. The maximum absolute atomic E-state index is 13.3. The molecule has 172 valence electrons. The largest absolute Gasteiger partial charge is 0.406 e. The molecule has 0 spiro atoms. The molecule has 0 unspecified atom stereocenters. The molecule has 1 saturated heterocycles. The van der Waals surface area contributed by atoms with Crippen LogP contribution in [0.1, 0.15) is 31.4 Å². The number of benzene rings is 2. The number of amides is 2. The molecule has 1 fully saturated rings. The van der Waals surface area contributed by atoms with Crippen LogP contribution in [0, 0.1) is 5.92 Å². The van der Waals surface area contributed by atoms with Gasteiger partial charge in [0.05, 0.1) is 5.92 Å². The third-order valence-electron chi connectivity index (χ3n) is 5.64. The number of nitrogens with one attached hydrogen (secondary N) is 1. The number of likely N-dealkylation sites (tertiary alicyclic amines) is 1. The molecule has 0 saturated carbocycles. The molecule has 5 nitrogen and oxygen atoms in total. The zero-order valence-electron chi connectivity index (χ0n) is 18.0. The molecule has 0 aliphatic carbocycles. The first-order valence-electron chi connectivity index (χ1n) is 10.8. The first-order chi connectivity index (χ1) is 15.3. The molecular formula is C24H28F3N3O2. The highest BCUT2D eigenvalue weighted by molar-refractivity contribution is 5.95. The van der Waals surface area contributed by atoms with Gasteiger partial charge < -0.3 is 10.2 Å². The monoisotopic (exact) mass is 447 g/mol. The lowest BCUT2D eigenvalue weighted by Crippen LogP contribution is -2.49. The fraction of sp³-hybridized carbons (Fsp3) is 0.417. The van der Waals surface area contributed by atoms with Crippen LogP contribution in [0.4, 0.5) is 18.9 Å². The normalized spacial score (nSPS) is 18.1. The van der Waals surface area contributed by atoms with Gasteiger partial charge in [0.2, 0.25) is 11.8 Å². The highest BCUT2D eigenvalue weighted by atomic mass is 19.4. The molecule has 2 atom stereocenters. The van der Waals surface area contributed by atoms with E-state index < -0.39 is 30.6 Å². The summed E-state index contributed by atoms with van der Waals surface area (Å²) < 4.78 is 38.7. The quantitative estimate of drug-likeness (QED) is 0.681. The number of piperidine rings is 1. The Bertz CT molecular complexity index is 890. The van der Waals surface area contributed by atoms with Gasteiger partial charge in [0.15, 0.2) is 0 Å². The summed E-state index contributed by atoms with van der Waals surface area (Å²) in [5.74, 6) is -1.33. The van der Waals surface area contributed by atoms with Crippen LogP contribution in [-0.2, 0) is 9.59 Å². The second-order valence-electron chi connectivity index (χ2n) is 7.97. The third-order valence-corrected chi connectivity index (χ3v) is 5.64. The second-order valence-corrected chi connectivity index (χ2v) is 7.97. The van der Waals surface area contributed by atoms with Crippen LogP contribution in [-0.4, -0.2) is 54.0 Å². The first-order valence-corrected chi connectivity index (χ1v) is 10.8. The Hall–Kier alpha value is -2.87. The van der Waals surface area contributed by atoms with Crippen LogP contribution < -0.4 is 5.32 Å². The van der Waals surface area contributed by atoms with E-state index in [1.165, 1.54) is 0 Å². The summed E-state index contributed by atoms with van der Waals surface area (Å²) in [7, 11) is 0. The molecule has 1 N–H and O–H groups in total. The van der Waals surface area contributed by atoms with Crippen LogP contribution in [0.2, 0.25) is 0 Å². The summed E-state index contributed by atoms with van der Waals surface area (Å²) in [5, 5.41) is 2.92. The average molecular weight is 448 g/mol. The predicted octanol–water partition coefficient (Wildman–Crippen LogP) is 4.49. The SMILES string of the molecule is CCN(CC(F)(F)F)C(=O)[C@@H]1CCCN([C@@H](C(=O)Nc2ccccc2)c2ccccc2)C1. The minimum absolute atomic E-state index is 0.00848. The Morgan fingerprint density at radius 3 is 2.31 bits per heavy atom. The lowest BCUT2D eigenvalue weighted by atomic mass is 9.93. The van der Waals surface area contributed by atoms with Gasteiger partial charge in [0, 0.05) is 18.8 Å². The zero-order chi connectivity index (χ0) is 23.1. The fourth-order valence-electron chi connectivity index (χ4n) is 4.16. The van der Waals surface area contributed by atoms with Crippen LogP contribution in [0.15, 0.2) is 60.7 Å². The van der Waals surface area contributed by atoms with Gasteiger partial charge in [-0.1, -0.05) is 48.5 Å². The number of rotatable bonds is 7. The van der Waals surface area contributed by atoms with Crippen molar-refractivity contribution >= 4 is 17.5 Å². The minimum atomic E-state index is -4.44. The van der Waals surface area contributed by atoms with Crippen LogP contribution in [0.5, 0.6) is 0 Å². The van der Waals surface area contributed by atoms with Crippen molar-refractivity contribution in [2.75, 3.05) is 31.5 Å². The number of para-hydroxylation sites is 1. The van der Waals surface area contributed by atoms with Gasteiger partial charge in [-0.25, -0.2) is 0 Å². The van der Waals surface area contributed by atoms with Crippen molar-refractivity contribution < 1.29 is 22.8 Å². The van der Waals surface area contributed by atoms with E-state index in [9.17, 15) is 22.8 Å². The van der Waals surface area contributed by atoms with E-state index in [2.05, 4.69) is 5.32 Å². The van der Waals surface area contributed by atoms with Crippen molar-refractivity contribution in [2.24, 2.45) is 5.92 Å². The lowest BCUT2D eigenvalue weighted by molar-refractivity contribution is -0.164. The third kappa shape index (κ3) is 6.32. The summed E-state index contributed by atoms with van der Waals surface area (Å²) in [6.45, 7) is 1.09. The smallest absolute Gasteiger partial charge is 0.334 e. The van der Waals surface area contributed by atoms with Crippen molar-refractivity contribution in [1.82, 2.24) is 9.80 Å². The Morgan fingerprint density at radius 2 is 1.72 bits per heavy atom. The van der Waals surface area contributed by atoms with Gasteiger partial charge in [-0.2, -0.15) is 13.2 Å². The van der Waals surface area contributed by atoms with E-state index in [1.54, 1.807) is 19.1 Å². The van der Waals surface area contributed by atoms with Crippen molar-refractivity contribution in [1.29, 1.82) is 0 Å². The highest BCUT2D eigenvalue weighted by Gasteiger charge is 2.38. The van der Waals surface area contributed by atoms with Gasteiger partial charge in [-0.15, -0.1) is 0 Å². The number of hydrogen-bond acceptors (Lipinski definition) is 3. The molecule has 2 aromatic carbocycles. The molecule has 0 bridgehead atoms. The number of nitrogens with zero attached hydrogens (tertiary/aromatic N) is 2. The molecule has 0 radical (unpaired) electrons. The Kier molecular flexibility index (Phi) is 7.90. The van der Waals surface area contributed by atoms with Crippen molar-refractivity contribution in [2.45, 2.75) is 32.0 Å². The molecule has 3 rings (SSSR count). The molecule has 2 aromatic rings. The van der Waals surface area contributed by atoms with Gasteiger partial charge in [-0.3, -0.25) is 14.5 Å². The lowest BCUT2D eigenvalue weighted by Gasteiger charge is -2.38. The summed E-state index contributed by atoms with van der Waals surface area (Å²) in [6, 6.07) is 17.7. The number of alkyl halides is 3. The van der Waals surface area contributed by atoms with Crippen molar-refractivity contribution in [3.8, 4) is 0 Å². The van der Waals surface area contributed by atoms with E-state index in [-0.39, 0.29) is 19.0 Å². The van der Waals surface area contributed by atoms with Crippen LogP contribution in [0.3, 0.4) is 0 Å². The van der Waals surface area contributed by atoms with Crippen molar-refractivity contribution in [3.63, 3.8) is 0 Å². The number of anilines is 1. The average Bonchev–Trinajstić information content (AvgIpc) is 2.78. The number of carbonyl (C=O) groups excluding carboxylic acids is 2. The van der Waals surface area contributed by atoms with Crippen molar-refractivity contribution in [3.05, 3.63) is 66.2 Å². The molecule has 1 aliphatic rings. The second kappa shape index (κ2) is 10.6. The maximum atomic E-state index is 13.3. The van der Waals surface area contributed by atoms with E-state index in [0.717, 1.165) is 10.5 Å². The highest BCUT2D eigenvalue weighted by Crippen LogP contribution is 2.30. The van der Waals surface area contributed by atoms with Crippen LogP contribution in [0.25, 0.3) is 0 Å². The molecular weight excluding hydrogens is 419 g/mol. The summed E-state index contributed by atoms with van der Waals surface area (Å²) >= 11 is 0. The summed E-state index contributed by atoms with van der Waals surface area (Å²) in [4.78, 5) is 28.9. The van der Waals surface area contributed by atoms with Gasteiger partial charge in [-0.05, 0) is 44.0 Å². The molecule has 8 heteroatoms. The fourth-order valence-corrected chi connectivity index (χ4v) is 4.16. The Labute approximate surface area is 186 Å². The predicted molar refractivity (Wildman–Crippen MR) is 117 cm³/mol. The standard InChI is InChI=1S/C24H28F3N3O2/c1-2-29(17-24(25,26)27)23(32)19-12-9-15-30(16-19)21(18-10-5-3-6-11-18)22(31)28-20-13-7-4-8-14-20/h3-8,10-11,13-14,19,21H,2,9,12,15-17H2,1H3,(H,28,31)/t19-,21-/m1/s1. The van der Waals surface area contributed by atoms with Gasteiger partial charge in [0.1, 0.15) is 12.6 Å². The van der Waals surface area contributed by atoms with Gasteiger partial charge >= 0.3 is 6.18 Å². The first kappa shape index (κ1) is 23.8. The van der Waals surface area contributed by atoms with Crippen LogP contribution >= 0.6 is 0 Å². The van der Waals surface area contributed by atoms with E-state index in [1.807, 2.05) is 53.4 Å². The number of halogens is 3. The zero-order valence-corrected chi connectivity index (χ0v) is 18.0. The topological polar surface area (TPSA) is 52.7 Å². The molecule has 1 aliphatic heterocycles. The maximum Gasteiger partial charge on any atom is 0.406 e. The molecule has 0 aromatic heterocycles.